The summed E-state index contributed by atoms with van der Waals surface area (Å²) in [7, 11) is 0. The smallest absolute Gasteiger partial charge is 0.325 e. The fraction of sp³-hybridized carbons (Fsp3) is 0.308. The molecule has 0 saturated carbocycles. The Morgan fingerprint density at radius 3 is 2.85 bits per heavy atom. The van der Waals surface area contributed by atoms with E-state index in [9.17, 15) is 18.8 Å². The molecule has 0 aromatic heterocycles. The number of benzene rings is 1. The summed E-state index contributed by atoms with van der Waals surface area (Å²) in [6.07, 6.45) is -0.100. The number of halogens is 1. The molecular weight excluding hydrogens is 267 g/mol. The van der Waals surface area contributed by atoms with Gasteiger partial charge in [0.2, 0.25) is 11.8 Å². The molecule has 2 amide bonds. The van der Waals surface area contributed by atoms with Gasteiger partial charge in [-0.1, -0.05) is 6.07 Å². The van der Waals surface area contributed by atoms with Gasteiger partial charge in [-0.3, -0.25) is 14.4 Å². The fourth-order valence-corrected chi connectivity index (χ4v) is 2.05. The average molecular weight is 280 g/mol. The third-order valence-electron chi connectivity index (χ3n) is 3.10. The van der Waals surface area contributed by atoms with E-state index in [1.165, 1.54) is 19.1 Å². The molecule has 0 bridgehead atoms. The lowest BCUT2D eigenvalue weighted by molar-refractivity contribution is -0.141. The van der Waals surface area contributed by atoms with Crippen LogP contribution in [-0.4, -0.2) is 28.9 Å². The first-order chi connectivity index (χ1) is 9.38. The number of carbonyl (C=O) groups excluding carboxylic acids is 2. The zero-order valence-electron chi connectivity index (χ0n) is 10.6. The van der Waals surface area contributed by atoms with Crippen LogP contribution < -0.4 is 10.6 Å². The Hall–Kier alpha value is -2.44. The first-order valence-electron chi connectivity index (χ1n) is 6.01. The van der Waals surface area contributed by atoms with Gasteiger partial charge in [0.1, 0.15) is 11.9 Å². The van der Waals surface area contributed by atoms with Crippen molar-refractivity contribution in [2.75, 3.05) is 5.32 Å². The molecule has 1 heterocycles. The number of carboxylic acids is 1. The summed E-state index contributed by atoms with van der Waals surface area (Å²) in [5.41, 5.74) is 0.713. The zero-order valence-corrected chi connectivity index (χ0v) is 10.6. The number of aliphatic carboxylic acids is 1. The van der Waals surface area contributed by atoms with Crippen molar-refractivity contribution in [3.8, 4) is 0 Å². The highest BCUT2D eigenvalue weighted by Gasteiger charge is 2.32. The predicted molar refractivity (Wildman–Crippen MR) is 67.6 cm³/mol. The van der Waals surface area contributed by atoms with Gasteiger partial charge in [-0.15, -0.1) is 0 Å². The van der Waals surface area contributed by atoms with Crippen LogP contribution in [0.4, 0.5) is 10.1 Å². The van der Waals surface area contributed by atoms with Gasteiger partial charge in [0.05, 0.1) is 5.92 Å². The molecule has 106 valence electrons. The largest absolute Gasteiger partial charge is 0.480 e. The van der Waals surface area contributed by atoms with Gasteiger partial charge < -0.3 is 15.7 Å². The third-order valence-corrected chi connectivity index (χ3v) is 3.10. The van der Waals surface area contributed by atoms with Crippen molar-refractivity contribution in [1.29, 1.82) is 0 Å². The number of hydrogen-bond acceptors (Lipinski definition) is 3. The first-order valence-corrected chi connectivity index (χ1v) is 6.01. The molecule has 0 spiro atoms. The minimum absolute atomic E-state index is 0.100. The second-order valence-electron chi connectivity index (χ2n) is 4.60. The summed E-state index contributed by atoms with van der Waals surface area (Å²) in [5.74, 6) is -3.49. The molecule has 0 aliphatic carbocycles. The van der Waals surface area contributed by atoms with Crippen LogP contribution in [0.25, 0.3) is 0 Å². The molecule has 0 fully saturated rings. The summed E-state index contributed by atoms with van der Waals surface area (Å²) in [6.45, 7) is 1.33. The van der Waals surface area contributed by atoms with E-state index < -0.39 is 35.6 Å². The van der Waals surface area contributed by atoms with Crippen molar-refractivity contribution in [3.63, 3.8) is 0 Å². The molecular formula is C13H13FN2O4. The van der Waals surface area contributed by atoms with E-state index in [0.29, 0.717) is 5.56 Å². The van der Waals surface area contributed by atoms with E-state index in [2.05, 4.69) is 10.6 Å². The quantitative estimate of drug-likeness (QED) is 0.764. The van der Waals surface area contributed by atoms with Gasteiger partial charge >= 0.3 is 5.97 Å². The summed E-state index contributed by atoms with van der Waals surface area (Å²) in [6, 6.07) is 2.68. The molecule has 6 nitrogen and oxygen atoms in total. The number of rotatable bonds is 3. The molecule has 1 aromatic carbocycles. The topological polar surface area (TPSA) is 95.5 Å². The summed E-state index contributed by atoms with van der Waals surface area (Å²) < 4.78 is 13.1. The highest BCUT2D eigenvalue weighted by molar-refractivity contribution is 6.01. The van der Waals surface area contributed by atoms with Crippen LogP contribution >= 0.6 is 0 Å². The first kappa shape index (κ1) is 14.0. The fourth-order valence-electron chi connectivity index (χ4n) is 2.05. The monoisotopic (exact) mass is 280 g/mol. The van der Waals surface area contributed by atoms with Crippen LogP contribution in [0.1, 0.15) is 24.8 Å². The van der Waals surface area contributed by atoms with Crippen LogP contribution in [0, 0.1) is 5.82 Å². The van der Waals surface area contributed by atoms with Crippen LogP contribution in [0.2, 0.25) is 0 Å². The maximum absolute atomic E-state index is 13.1. The molecule has 2 rings (SSSR count). The van der Waals surface area contributed by atoms with Crippen molar-refractivity contribution in [3.05, 3.63) is 29.6 Å². The summed E-state index contributed by atoms with van der Waals surface area (Å²) >= 11 is 0. The van der Waals surface area contributed by atoms with E-state index >= 15 is 0 Å². The van der Waals surface area contributed by atoms with Crippen molar-refractivity contribution in [2.45, 2.75) is 25.3 Å². The number of nitrogens with one attached hydrogen (secondary N) is 2. The van der Waals surface area contributed by atoms with E-state index in [-0.39, 0.29) is 12.1 Å². The zero-order chi connectivity index (χ0) is 14.9. The Morgan fingerprint density at radius 1 is 1.50 bits per heavy atom. The molecule has 0 radical (unpaired) electrons. The number of carbonyl (C=O) groups is 3. The van der Waals surface area contributed by atoms with E-state index in [1.807, 2.05) is 0 Å². The van der Waals surface area contributed by atoms with Crippen LogP contribution in [0.3, 0.4) is 0 Å². The second-order valence-corrected chi connectivity index (χ2v) is 4.60. The Bertz CT molecular complexity index is 588. The Kier molecular flexibility index (Phi) is 3.69. The highest BCUT2D eigenvalue weighted by atomic mass is 19.1. The van der Waals surface area contributed by atoms with Gasteiger partial charge in [0.25, 0.3) is 0 Å². The average Bonchev–Trinajstić information content (AvgIpc) is 2.36. The van der Waals surface area contributed by atoms with Crippen molar-refractivity contribution >= 4 is 23.5 Å². The normalized spacial score (nSPS) is 18.7. The molecule has 2 unspecified atom stereocenters. The van der Waals surface area contributed by atoms with Gasteiger partial charge in [0, 0.05) is 12.1 Å². The molecule has 3 N–H and O–H groups in total. The van der Waals surface area contributed by atoms with Gasteiger partial charge in [0.15, 0.2) is 0 Å². The van der Waals surface area contributed by atoms with Crippen molar-refractivity contribution in [2.24, 2.45) is 0 Å². The molecule has 20 heavy (non-hydrogen) atoms. The van der Waals surface area contributed by atoms with Crippen molar-refractivity contribution < 1.29 is 23.9 Å². The lowest BCUT2D eigenvalue weighted by Crippen LogP contribution is -2.42. The number of amides is 2. The van der Waals surface area contributed by atoms with E-state index in [1.54, 1.807) is 0 Å². The Labute approximate surface area is 114 Å². The van der Waals surface area contributed by atoms with Crippen LogP contribution in [-0.2, 0) is 14.4 Å². The molecule has 1 aromatic rings. The van der Waals surface area contributed by atoms with E-state index in [4.69, 9.17) is 5.11 Å². The number of fused-ring (bicyclic) bond motifs is 1. The van der Waals surface area contributed by atoms with Gasteiger partial charge in [-0.25, -0.2) is 4.39 Å². The standard InChI is InChI=1S/C13H13FN2O4/c1-6(13(19)20)15-12(18)9-5-11(17)16-10-4-7(14)2-3-8(9)10/h2-4,6,9H,5H2,1H3,(H,15,18)(H,16,17)(H,19,20). The Balaban J connectivity index is 2.27. The maximum Gasteiger partial charge on any atom is 0.325 e. The van der Waals surface area contributed by atoms with Gasteiger partial charge in [-0.2, -0.15) is 0 Å². The second kappa shape index (κ2) is 5.28. The number of anilines is 1. The number of hydrogen-bond donors (Lipinski definition) is 3. The molecule has 1 aliphatic rings. The van der Waals surface area contributed by atoms with Crippen molar-refractivity contribution in [1.82, 2.24) is 5.32 Å². The maximum atomic E-state index is 13.1. The summed E-state index contributed by atoms with van der Waals surface area (Å²) in [5, 5.41) is 13.6. The SMILES string of the molecule is CC(NC(=O)C1CC(=O)Nc2cc(F)ccc21)C(=O)O. The lowest BCUT2D eigenvalue weighted by atomic mass is 9.89. The molecule has 2 atom stereocenters. The minimum Gasteiger partial charge on any atom is -0.480 e. The summed E-state index contributed by atoms with van der Waals surface area (Å²) in [4.78, 5) is 34.3. The molecule has 7 heteroatoms. The minimum atomic E-state index is -1.17. The van der Waals surface area contributed by atoms with Crippen LogP contribution in [0.5, 0.6) is 0 Å². The highest BCUT2D eigenvalue weighted by Crippen LogP contribution is 2.32. The molecule has 1 aliphatic heterocycles. The van der Waals surface area contributed by atoms with E-state index in [0.717, 1.165) is 6.07 Å². The predicted octanol–water partition coefficient (Wildman–Crippen LogP) is 0.841. The number of carboxylic acid groups (broad SMARTS) is 1. The van der Waals surface area contributed by atoms with Gasteiger partial charge in [-0.05, 0) is 24.6 Å². The Morgan fingerprint density at radius 2 is 2.20 bits per heavy atom. The lowest BCUT2D eigenvalue weighted by Gasteiger charge is -2.25. The third kappa shape index (κ3) is 2.76. The van der Waals surface area contributed by atoms with Crippen LogP contribution in [0.15, 0.2) is 18.2 Å². The molecule has 0 saturated heterocycles.